The molecule has 19 heavy (non-hydrogen) atoms. The second kappa shape index (κ2) is 8.77. The fourth-order valence-corrected chi connectivity index (χ4v) is 1.73. The van der Waals surface area contributed by atoms with Gasteiger partial charge in [0.15, 0.2) is 0 Å². The van der Waals surface area contributed by atoms with Crippen molar-refractivity contribution in [3.63, 3.8) is 0 Å². The highest BCUT2D eigenvalue weighted by molar-refractivity contribution is 6.30. The first-order valence-corrected chi connectivity index (χ1v) is 6.90. The molecule has 0 aliphatic rings. The Balaban J connectivity index is 2.07. The largest absolute Gasteiger partial charge is 0.393 e. The van der Waals surface area contributed by atoms with Crippen molar-refractivity contribution in [1.82, 2.24) is 10.6 Å². The third-order valence-electron chi connectivity index (χ3n) is 2.69. The topological polar surface area (TPSA) is 61.4 Å². The smallest absolute Gasteiger partial charge is 0.314 e. The third-order valence-corrected chi connectivity index (χ3v) is 2.94. The van der Waals surface area contributed by atoms with Crippen molar-refractivity contribution in [2.45, 2.75) is 32.3 Å². The lowest BCUT2D eigenvalue weighted by Gasteiger charge is -2.08. The van der Waals surface area contributed by atoms with Gasteiger partial charge in [-0.2, -0.15) is 0 Å². The molecule has 0 bridgehead atoms. The molecule has 3 N–H and O–H groups in total. The van der Waals surface area contributed by atoms with Gasteiger partial charge in [-0.05, 0) is 43.9 Å². The predicted molar refractivity (Wildman–Crippen MR) is 77.5 cm³/mol. The van der Waals surface area contributed by atoms with E-state index < -0.39 is 0 Å². The lowest BCUT2D eigenvalue weighted by Crippen LogP contribution is -2.37. The monoisotopic (exact) mass is 284 g/mol. The van der Waals surface area contributed by atoms with Gasteiger partial charge in [0.05, 0.1) is 6.10 Å². The van der Waals surface area contributed by atoms with E-state index in [0.717, 1.165) is 17.9 Å². The van der Waals surface area contributed by atoms with Crippen LogP contribution in [0.3, 0.4) is 0 Å². The Morgan fingerprint density at radius 2 is 1.89 bits per heavy atom. The third kappa shape index (κ3) is 7.70. The second-order valence-corrected chi connectivity index (χ2v) is 4.99. The van der Waals surface area contributed by atoms with Crippen LogP contribution in [-0.4, -0.2) is 30.3 Å². The SMILES string of the molecule is CC(O)CCNC(=O)NCCCc1ccc(Cl)cc1. The van der Waals surface area contributed by atoms with E-state index in [1.54, 1.807) is 6.92 Å². The summed E-state index contributed by atoms with van der Waals surface area (Å²) in [4.78, 5) is 11.4. The number of urea groups is 1. The normalized spacial score (nSPS) is 11.9. The first-order valence-electron chi connectivity index (χ1n) is 6.52. The van der Waals surface area contributed by atoms with Crippen molar-refractivity contribution >= 4 is 17.6 Å². The summed E-state index contributed by atoms with van der Waals surface area (Å²) in [5.74, 6) is 0. The quantitative estimate of drug-likeness (QED) is 0.673. The molecule has 2 amide bonds. The molecule has 0 fully saturated rings. The summed E-state index contributed by atoms with van der Waals surface area (Å²) in [6.45, 7) is 2.82. The number of aryl methyl sites for hydroxylation is 1. The molecular formula is C14H21ClN2O2. The molecule has 1 aromatic carbocycles. The number of hydrogen-bond acceptors (Lipinski definition) is 2. The summed E-state index contributed by atoms with van der Waals surface area (Å²) in [6.07, 6.45) is 1.97. The average Bonchev–Trinajstić information content (AvgIpc) is 2.36. The Kier molecular flexibility index (Phi) is 7.30. The van der Waals surface area contributed by atoms with Crippen molar-refractivity contribution in [2.75, 3.05) is 13.1 Å². The van der Waals surface area contributed by atoms with Crippen LogP contribution >= 0.6 is 11.6 Å². The Bertz CT molecular complexity index is 380. The van der Waals surface area contributed by atoms with E-state index in [0.29, 0.717) is 19.5 Å². The Labute approximate surface area is 119 Å². The highest BCUT2D eigenvalue weighted by atomic mass is 35.5. The highest BCUT2D eigenvalue weighted by Gasteiger charge is 2.00. The average molecular weight is 285 g/mol. The summed E-state index contributed by atoms with van der Waals surface area (Å²) in [5.41, 5.74) is 1.21. The summed E-state index contributed by atoms with van der Waals surface area (Å²) in [7, 11) is 0. The zero-order chi connectivity index (χ0) is 14.1. The van der Waals surface area contributed by atoms with Crippen LogP contribution in [0.1, 0.15) is 25.3 Å². The van der Waals surface area contributed by atoms with Crippen LogP contribution < -0.4 is 10.6 Å². The van der Waals surface area contributed by atoms with Crippen molar-refractivity contribution in [1.29, 1.82) is 0 Å². The molecule has 0 spiro atoms. The van der Waals surface area contributed by atoms with Gasteiger partial charge in [0.25, 0.3) is 0 Å². The van der Waals surface area contributed by atoms with Gasteiger partial charge in [0.1, 0.15) is 0 Å². The van der Waals surface area contributed by atoms with Crippen LogP contribution in [-0.2, 0) is 6.42 Å². The molecular weight excluding hydrogens is 264 g/mol. The van der Waals surface area contributed by atoms with Gasteiger partial charge < -0.3 is 15.7 Å². The minimum atomic E-state index is -0.384. The van der Waals surface area contributed by atoms with E-state index in [4.69, 9.17) is 16.7 Å². The van der Waals surface area contributed by atoms with Gasteiger partial charge in [-0.3, -0.25) is 0 Å². The fourth-order valence-electron chi connectivity index (χ4n) is 1.60. The minimum absolute atomic E-state index is 0.184. The molecule has 106 valence electrons. The number of carbonyl (C=O) groups excluding carboxylic acids is 1. The maximum absolute atomic E-state index is 11.4. The number of halogens is 1. The molecule has 1 unspecified atom stereocenters. The number of nitrogens with one attached hydrogen (secondary N) is 2. The number of aliphatic hydroxyl groups excluding tert-OH is 1. The van der Waals surface area contributed by atoms with Crippen LogP contribution in [0.15, 0.2) is 24.3 Å². The Hall–Kier alpha value is -1.26. The van der Waals surface area contributed by atoms with Gasteiger partial charge in [-0.1, -0.05) is 23.7 Å². The number of benzene rings is 1. The van der Waals surface area contributed by atoms with Crippen molar-refractivity contribution in [3.05, 3.63) is 34.9 Å². The number of carbonyl (C=O) groups is 1. The number of amides is 2. The van der Waals surface area contributed by atoms with E-state index in [1.807, 2.05) is 24.3 Å². The minimum Gasteiger partial charge on any atom is -0.393 e. The van der Waals surface area contributed by atoms with Gasteiger partial charge in [0, 0.05) is 18.1 Å². The molecule has 0 saturated carbocycles. The molecule has 1 atom stereocenters. The van der Waals surface area contributed by atoms with Gasteiger partial charge >= 0.3 is 6.03 Å². The van der Waals surface area contributed by atoms with E-state index in [9.17, 15) is 4.79 Å². The van der Waals surface area contributed by atoms with E-state index in [1.165, 1.54) is 5.56 Å². The molecule has 0 saturated heterocycles. The molecule has 0 heterocycles. The van der Waals surface area contributed by atoms with E-state index in [-0.39, 0.29) is 12.1 Å². The maximum Gasteiger partial charge on any atom is 0.314 e. The molecule has 5 heteroatoms. The fraction of sp³-hybridized carbons (Fsp3) is 0.500. The first kappa shape index (κ1) is 15.8. The zero-order valence-electron chi connectivity index (χ0n) is 11.2. The number of rotatable bonds is 7. The molecule has 1 rings (SSSR count). The number of aliphatic hydroxyl groups is 1. The van der Waals surface area contributed by atoms with Crippen molar-refractivity contribution < 1.29 is 9.90 Å². The van der Waals surface area contributed by atoms with Gasteiger partial charge in [0.2, 0.25) is 0 Å². The van der Waals surface area contributed by atoms with Gasteiger partial charge in [-0.15, -0.1) is 0 Å². The number of hydrogen-bond donors (Lipinski definition) is 3. The standard InChI is InChI=1S/C14H21ClN2O2/c1-11(18)8-10-17-14(19)16-9-2-3-12-4-6-13(15)7-5-12/h4-7,11,18H,2-3,8-10H2,1H3,(H2,16,17,19). The molecule has 1 aromatic rings. The van der Waals surface area contributed by atoms with Crippen LogP contribution in [0.5, 0.6) is 0 Å². The zero-order valence-corrected chi connectivity index (χ0v) is 11.9. The first-order chi connectivity index (χ1) is 9.08. The molecule has 0 aliphatic carbocycles. The lowest BCUT2D eigenvalue weighted by molar-refractivity contribution is 0.183. The van der Waals surface area contributed by atoms with Gasteiger partial charge in [-0.25, -0.2) is 4.79 Å². The molecule has 0 aliphatic heterocycles. The molecule has 0 aromatic heterocycles. The van der Waals surface area contributed by atoms with Crippen LogP contribution in [0.2, 0.25) is 5.02 Å². The summed E-state index contributed by atoms with van der Waals surface area (Å²) in [5, 5.41) is 15.3. The van der Waals surface area contributed by atoms with Crippen LogP contribution in [0, 0.1) is 0 Å². The predicted octanol–water partition coefficient (Wildman–Crippen LogP) is 2.34. The van der Waals surface area contributed by atoms with Crippen molar-refractivity contribution in [3.8, 4) is 0 Å². The summed E-state index contributed by atoms with van der Waals surface area (Å²) < 4.78 is 0. The second-order valence-electron chi connectivity index (χ2n) is 4.55. The molecule has 4 nitrogen and oxygen atoms in total. The van der Waals surface area contributed by atoms with Crippen LogP contribution in [0.4, 0.5) is 4.79 Å². The lowest BCUT2D eigenvalue weighted by atomic mass is 10.1. The summed E-state index contributed by atoms with van der Waals surface area (Å²) >= 11 is 5.80. The Morgan fingerprint density at radius 3 is 2.53 bits per heavy atom. The van der Waals surface area contributed by atoms with E-state index in [2.05, 4.69) is 10.6 Å². The summed E-state index contributed by atoms with van der Waals surface area (Å²) in [6, 6.07) is 7.53. The van der Waals surface area contributed by atoms with Crippen LogP contribution in [0.25, 0.3) is 0 Å². The van der Waals surface area contributed by atoms with Crippen molar-refractivity contribution in [2.24, 2.45) is 0 Å². The van der Waals surface area contributed by atoms with E-state index >= 15 is 0 Å². The maximum atomic E-state index is 11.4. The highest BCUT2D eigenvalue weighted by Crippen LogP contribution is 2.10. The molecule has 0 radical (unpaired) electrons. The Morgan fingerprint density at radius 1 is 1.26 bits per heavy atom.